The molecule has 144 valence electrons. The zero-order valence-electron chi connectivity index (χ0n) is 16.2. The smallest absolute Gasteiger partial charge is 0.210 e. The third-order valence-corrected chi connectivity index (χ3v) is 5.37. The van der Waals surface area contributed by atoms with Crippen molar-refractivity contribution in [1.82, 2.24) is 15.2 Å². The molecule has 0 aliphatic carbocycles. The summed E-state index contributed by atoms with van der Waals surface area (Å²) in [5.74, 6) is 1.45. The second-order valence-electron chi connectivity index (χ2n) is 6.40. The standard InChI is InChI=1S/C21H23N5OS/c1-4-26(5-2)15-12-10-14(11-13-15)20-22-19-18(24-25-21(23-19)28-3)16-8-6-7-9-17(16)27-20/h6-13,20H,4-5H2,1-3H3,(H,22,23,25)/t20-/m0/s1. The van der Waals surface area contributed by atoms with E-state index in [0.717, 1.165) is 30.0 Å². The number of benzene rings is 2. The summed E-state index contributed by atoms with van der Waals surface area (Å²) in [6.45, 7) is 6.29. The fourth-order valence-corrected chi connectivity index (χ4v) is 3.63. The van der Waals surface area contributed by atoms with Crippen molar-refractivity contribution in [3.8, 4) is 17.0 Å². The Hall–Kier alpha value is -2.80. The molecule has 0 fully saturated rings. The first-order valence-electron chi connectivity index (χ1n) is 9.39. The van der Waals surface area contributed by atoms with Gasteiger partial charge < -0.3 is 15.0 Å². The monoisotopic (exact) mass is 393 g/mol. The van der Waals surface area contributed by atoms with Gasteiger partial charge in [-0.15, -0.1) is 10.2 Å². The summed E-state index contributed by atoms with van der Waals surface area (Å²) in [7, 11) is 0. The van der Waals surface area contributed by atoms with Gasteiger partial charge >= 0.3 is 0 Å². The summed E-state index contributed by atoms with van der Waals surface area (Å²) in [6, 6.07) is 16.3. The van der Waals surface area contributed by atoms with Gasteiger partial charge in [0.05, 0.1) is 0 Å². The van der Waals surface area contributed by atoms with Crippen LogP contribution in [0, 0.1) is 0 Å². The number of nitrogens with one attached hydrogen (secondary N) is 1. The van der Waals surface area contributed by atoms with Gasteiger partial charge in [0.1, 0.15) is 11.4 Å². The quantitative estimate of drug-likeness (QED) is 0.635. The van der Waals surface area contributed by atoms with Crippen molar-refractivity contribution in [3.05, 3.63) is 54.1 Å². The van der Waals surface area contributed by atoms with Crippen LogP contribution in [0.1, 0.15) is 25.6 Å². The van der Waals surface area contributed by atoms with E-state index in [4.69, 9.17) is 4.74 Å². The van der Waals surface area contributed by atoms with E-state index in [1.165, 1.54) is 17.4 Å². The molecular formula is C21H23N5OS. The van der Waals surface area contributed by atoms with E-state index in [1.54, 1.807) is 0 Å². The molecule has 0 amide bonds. The van der Waals surface area contributed by atoms with Crippen molar-refractivity contribution >= 4 is 23.3 Å². The average molecular weight is 394 g/mol. The van der Waals surface area contributed by atoms with E-state index >= 15 is 0 Å². The number of aromatic nitrogens is 3. The van der Waals surface area contributed by atoms with Crippen LogP contribution in [-0.2, 0) is 0 Å². The molecule has 1 aliphatic heterocycles. The Morgan fingerprint density at radius 1 is 1.04 bits per heavy atom. The Labute approximate surface area is 169 Å². The van der Waals surface area contributed by atoms with E-state index in [0.29, 0.717) is 16.7 Å². The highest BCUT2D eigenvalue weighted by atomic mass is 32.2. The summed E-state index contributed by atoms with van der Waals surface area (Å²) in [5.41, 5.74) is 3.83. The Bertz CT molecular complexity index is 959. The van der Waals surface area contributed by atoms with Crippen LogP contribution in [0.5, 0.6) is 5.75 Å². The van der Waals surface area contributed by atoms with Crippen molar-refractivity contribution in [1.29, 1.82) is 0 Å². The van der Waals surface area contributed by atoms with E-state index in [1.807, 2.05) is 30.5 Å². The lowest BCUT2D eigenvalue weighted by Gasteiger charge is -2.23. The molecule has 0 spiro atoms. The van der Waals surface area contributed by atoms with Crippen LogP contribution in [0.15, 0.2) is 53.7 Å². The highest BCUT2D eigenvalue weighted by Gasteiger charge is 2.25. The Kier molecular flexibility index (Phi) is 5.34. The number of hydrogen-bond acceptors (Lipinski definition) is 7. The average Bonchev–Trinajstić information content (AvgIpc) is 2.91. The van der Waals surface area contributed by atoms with Crippen LogP contribution < -0.4 is 15.0 Å². The predicted octanol–water partition coefficient (Wildman–Crippen LogP) is 4.61. The zero-order chi connectivity index (χ0) is 19.5. The van der Waals surface area contributed by atoms with Gasteiger partial charge in [-0.05, 0) is 44.4 Å². The maximum absolute atomic E-state index is 6.31. The summed E-state index contributed by atoms with van der Waals surface area (Å²) < 4.78 is 6.31. The number of ether oxygens (including phenoxy) is 1. The molecule has 1 aromatic heterocycles. The molecule has 1 aliphatic rings. The fourth-order valence-electron chi connectivity index (χ4n) is 3.33. The molecule has 0 saturated heterocycles. The van der Waals surface area contributed by atoms with Gasteiger partial charge in [-0.25, -0.2) is 4.98 Å². The van der Waals surface area contributed by atoms with Gasteiger partial charge in [-0.1, -0.05) is 36.0 Å². The van der Waals surface area contributed by atoms with Gasteiger partial charge in [-0.3, -0.25) is 0 Å². The fraction of sp³-hybridized carbons (Fsp3) is 0.286. The second-order valence-corrected chi connectivity index (χ2v) is 7.17. The molecule has 0 bridgehead atoms. The van der Waals surface area contributed by atoms with E-state index in [2.05, 4.69) is 63.5 Å². The van der Waals surface area contributed by atoms with Gasteiger partial charge in [0.2, 0.25) is 5.16 Å². The van der Waals surface area contributed by atoms with Crippen LogP contribution in [-0.4, -0.2) is 34.5 Å². The molecule has 4 rings (SSSR count). The number of nitrogens with zero attached hydrogens (tertiary/aromatic N) is 4. The molecule has 3 aromatic rings. The minimum atomic E-state index is -0.362. The second kappa shape index (κ2) is 8.06. The van der Waals surface area contributed by atoms with Gasteiger partial charge in [0.15, 0.2) is 12.0 Å². The largest absolute Gasteiger partial charge is 0.466 e. The molecule has 0 unspecified atom stereocenters. The Balaban J connectivity index is 1.73. The van der Waals surface area contributed by atoms with Crippen molar-refractivity contribution in [2.24, 2.45) is 0 Å². The van der Waals surface area contributed by atoms with Crippen LogP contribution in [0.25, 0.3) is 11.3 Å². The normalized spacial score (nSPS) is 14.9. The molecule has 2 heterocycles. The molecule has 1 atom stereocenters. The third-order valence-electron chi connectivity index (χ3n) is 4.83. The molecule has 0 radical (unpaired) electrons. The Morgan fingerprint density at radius 3 is 2.50 bits per heavy atom. The SMILES string of the molecule is CCN(CC)c1ccc([C@H]2Nc3nc(SC)nnc3-c3ccccc3O2)cc1. The molecule has 2 aromatic carbocycles. The lowest BCUT2D eigenvalue weighted by Crippen LogP contribution is -2.22. The number of fused-ring (bicyclic) bond motifs is 3. The maximum Gasteiger partial charge on any atom is 0.210 e. The number of anilines is 2. The van der Waals surface area contributed by atoms with Crippen molar-refractivity contribution in [2.75, 3.05) is 29.6 Å². The van der Waals surface area contributed by atoms with Gasteiger partial charge in [0.25, 0.3) is 0 Å². The van der Waals surface area contributed by atoms with Crippen molar-refractivity contribution < 1.29 is 4.74 Å². The zero-order valence-corrected chi connectivity index (χ0v) is 17.0. The van der Waals surface area contributed by atoms with Gasteiger partial charge in [0, 0.05) is 29.9 Å². The molecule has 1 N–H and O–H groups in total. The van der Waals surface area contributed by atoms with Crippen LogP contribution in [0.4, 0.5) is 11.5 Å². The molecular weight excluding hydrogens is 370 g/mol. The van der Waals surface area contributed by atoms with Crippen molar-refractivity contribution in [3.63, 3.8) is 0 Å². The van der Waals surface area contributed by atoms with Crippen LogP contribution >= 0.6 is 11.8 Å². The minimum Gasteiger partial charge on any atom is -0.466 e. The first-order chi connectivity index (χ1) is 13.7. The highest BCUT2D eigenvalue weighted by molar-refractivity contribution is 7.98. The lowest BCUT2D eigenvalue weighted by atomic mass is 10.1. The molecule has 6 nitrogen and oxygen atoms in total. The predicted molar refractivity (Wildman–Crippen MR) is 114 cm³/mol. The van der Waals surface area contributed by atoms with Gasteiger partial charge in [-0.2, -0.15) is 0 Å². The highest BCUT2D eigenvalue weighted by Crippen LogP contribution is 2.39. The molecule has 7 heteroatoms. The van der Waals surface area contributed by atoms with E-state index in [-0.39, 0.29) is 6.23 Å². The van der Waals surface area contributed by atoms with E-state index in [9.17, 15) is 0 Å². The Morgan fingerprint density at radius 2 is 1.79 bits per heavy atom. The number of para-hydroxylation sites is 1. The summed E-state index contributed by atoms with van der Waals surface area (Å²) in [6.07, 6.45) is 1.58. The minimum absolute atomic E-state index is 0.362. The topological polar surface area (TPSA) is 63.2 Å². The number of thioether (sulfide) groups is 1. The summed E-state index contributed by atoms with van der Waals surface area (Å²) in [4.78, 5) is 6.95. The first-order valence-corrected chi connectivity index (χ1v) is 10.6. The maximum atomic E-state index is 6.31. The summed E-state index contributed by atoms with van der Waals surface area (Å²) >= 11 is 1.47. The van der Waals surface area contributed by atoms with Crippen molar-refractivity contribution in [2.45, 2.75) is 25.2 Å². The number of rotatable bonds is 5. The number of hydrogen-bond donors (Lipinski definition) is 1. The van der Waals surface area contributed by atoms with Crippen LogP contribution in [0.3, 0.4) is 0 Å². The first kappa shape index (κ1) is 18.6. The lowest BCUT2D eigenvalue weighted by molar-refractivity contribution is 0.238. The molecule has 0 saturated carbocycles. The van der Waals surface area contributed by atoms with Crippen LogP contribution in [0.2, 0.25) is 0 Å². The third kappa shape index (κ3) is 3.49. The molecule has 28 heavy (non-hydrogen) atoms. The van der Waals surface area contributed by atoms with E-state index < -0.39 is 0 Å². The summed E-state index contributed by atoms with van der Waals surface area (Å²) in [5, 5.41) is 12.6.